The predicted molar refractivity (Wildman–Crippen MR) is 98.6 cm³/mol. The van der Waals surface area contributed by atoms with E-state index in [9.17, 15) is 14.6 Å². The molecule has 0 aliphatic carbocycles. The fourth-order valence-electron chi connectivity index (χ4n) is 2.43. The van der Waals surface area contributed by atoms with Gasteiger partial charge in [0.2, 0.25) is 0 Å². The van der Waals surface area contributed by atoms with Gasteiger partial charge < -0.3 is 19.0 Å². The third-order valence-electron chi connectivity index (χ3n) is 3.62. The lowest BCUT2D eigenvalue weighted by Gasteiger charge is -2.29. The van der Waals surface area contributed by atoms with Gasteiger partial charge in [0.25, 0.3) is 0 Å². The molecule has 0 aliphatic heterocycles. The number of rotatable bonds is 11. The maximum atomic E-state index is 13.2. The molecule has 0 heterocycles. The Bertz CT molecular complexity index is 627. The van der Waals surface area contributed by atoms with E-state index < -0.39 is 25.4 Å². The lowest BCUT2D eigenvalue weighted by molar-refractivity contribution is -0.143. The van der Waals surface area contributed by atoms with Gasteiger partial charge in [-0.15, -0.1) is 0 Å². The zero-order valence-corrected chi connectivity index (χ0v) is 16.4. The van der Waals surface area contributed by atoms with Crippen molar-refractivity contribution in [2.24, 2.45) is 5.16 Å². The van der Waals surface area contributed by atoms with Crippen LogP contribution in [0.2, 0.25) is 0 Å². The van der Waals surface area contributed by atoms with Gasteiger partial charge in [-0.1, -0.05) is 35.5 Å². The van der Waals surface area contributed by atoms with Crippen LogP contribution in [0.4, 0.5) is 0 Å². The molecule has 0 saturated carbocycles. The molecule has 8 nitrogen and oxygen atoms in total. The van der Waals surface area contributed by atoms with Crippen molar-refractivity contribution in [1.82, 2.24) is 5.32 Å². The molecule has 0 bridgehead atoms. The second-order valence-electron chi connectivity index (χ2n) is 5.45. The summed E-state index contributed by atoms with van der Waals surface area (Å²) in [6, 6.07) is 8.47. The van der Waals surface area contributed by atoms with Crippen LogP contribution in [0.1, 0.15) is 26.3 Å². The van der Waals surface area contributed by atoms with Crippen LogP contribution >= 0.6 is 7.60 Å². The highest BCUT2D eigenvalue weighted by Gasteiger charge is 2.41. The SMILES string of the molecule is CCOP(=O)(OCC)C(N[C@@H](Cc1ccccc1)C(=O)OC)/C(C)=N/O. The quantitative estimate of drug-likeness (QED) is 0.198. The van der Waals surface area contributed by atoms with Crippen LogP contribution in [0.25, 0.3) is 0 Å². The predicted octanol–water partition coefficient (Wildman–Crippen LogP) is 2.80. The normalized spacial score (nSPS) is 14.7. The molecule has 1 rings (SSSR count). The van der Waals surface area contributed by atoms with E-state index in [1.54, 1.807) is 13.8 Å². The Kier molecular flexibility index (Phi) is 9.51. The van der Waals surface area contributed by atoms with E-state index in [4.69, 9.17) is 13.8 Å². The standard InChI is InChI=1S/C17H27N2O6P/c1-5-24-26(22,25-6-2)16(13(3)19-21)18-15(17(20)23-4)12-14-10-8-7-9-11-14/h7-11,15-16,18,21H,5-6,12H2,1-4H3/b19-13+/t15-,16?/m0/s1. The zero-order chi connectivity index (χ0) is 19.6. The number of oxime groups is 1. The Labute approximate surface area is 154 Å². The monoisotopic (exact) mass is 386 g/mol. The molecule has 9 heteroatoms. The largest absolute Gasteiger partial charge is 0.468 e. The van der Waals surface area contributed by atoms with Crippen LogP contribution in [0.5, 0.6) is 0 Å². The summed E-state index contributed by atoms with van der Waals surface area (Å²) in [6.45, 7) is 5.09. The van der Waals surface area contributed by atoms with Gasteiger partial charge in [0.05, 0.1) is 26.0 Å². The Hall–Kier alpha value is -1.73. The summed E-state index contributed by atoms with van der Waals surface area (Å²) in [4.78, 5) is 12.2. The summed E-state index contributed by atoms with van der Waals surface area (Å²) < 4.78 is 28.7. The average Bonchev–Trinajstić information content (AvgIpc) is 2.64. The fraction of sp³-hybridized carbons (Fsp3) is 0.529. The van der Waals surface area contributed by atoms with E-state index in [-0.39, 0.29) is 18.9 Å². The molecule has 2 N–H and O–H groups in total. The second-order valence-corrected chi connectivity index (χ2v) is 7.56. The van der Waals surface area contributed by atoms with Gasteiger partial charge in [0.15, 0.2) is 5.78 Å². The van der Waals surface area contributed by atoms with Crippen molar-refractivity contribution in [3.05, 3.63) is 35.9 Å². The molecule has 146 valence electrons. The van der Waals surface area contributed by atoms with Crippen LogP contribution in [-0.4, -0.2) is 49.0 Å². The van der Waals surface area contributed by atoms with E-state index in [2.05, 4.69) is 10.5 Å². The topological polar surface area (TPSA) is 106 Å². The maximum absolute atomic E-state index is 13.2. The molecular formula is C17H27N2O6P. The molecule has 26 heavy (non-hydrogen) atoms. The van der Waals surface area contributed by atoms with E-state index in [0.29, 0.717) is 6.42 Å². The van der Waals surface area contributed by atoms with Gasteiger partial charge in [-0.25, -0.2) is 0 Å². The van der Waals surface area contributed by atoms with Crippen LogP contribution < -0.4 is 5.32 Å². The fourth-order valence-corrected chi connectivity index (χ4v) is 4.40. The van der Waals surface area contributed by atoms with Gasteiger partial charge >= 0.3 is 13.6 Å². The van der Waals surface area contributed by atoms with E-state index in [1.165, 1.54) is 14.0 Å². The number of carbonyl (C=O) groups excluding carboxylic acids is 1. The maximum Gasteiger partial charge on any atom is 0.353 e. The van der Waals surface area contributed by atoms with Gasteiger partial charge in [0.1, 0.15) is 6.04 Å². The highest BCUT2D eigenvalue weighted by Crippen LogP contribution is 2.52. The van der Waals surface area contributed by atoms with Crippen LogP contribution in [0, 0.1) is 0 Å². The lowest BCUT2D eigenvalue weighted by atomic mass is 10.1. The first-order valence-corrected chi connectivity index (χ1v) is 9.98. The number of ether oxygens (including phenoxy) is 1. The average molecular weight is 386 g/mol. The van der Waals surface area contributed by atoms with Crippen molar-refractivity contribution in [3.63, 3.8) is 0 Å². The van der Waals surface area contributed by atoms with Crippen molar-refractivity contribution in [1.29, 1.82) is 0 Å². The van der Waals surface area contributed by atoms with E-state index >= 15 is 0 Å². The third kappa shape index (κ3) is 6.21. The van der Waals surface area contributed by atoms with Gasteiger partial charge in [-0.05, 0) is 32.8 Å². The molecule has 0 aliphatic rings. The number of methoxy groups -OCH3 is 1. The van der Waals surface area contributed by atoms with E-state index in [0.717, 1.165) is 5.56 Å². The first kappa shape index (κ1) is 22.3. The second kappa shape index (κ2) is 11.1. The molecule has 1 aromatic carbocycles. The molecule has 0 amide bonds. The minimum absolute atomic E-state index is 0.0807. The Morgan fingerprint density at radius 2 is 1.81 bits per heavy atom. The lowest BCUT2D eigenvalue weighted by Crippen LogP contribution is -2.48. The molecule has 0 spiro atoms. The number of nitrogens with zero attached hydrogens (tertiary/aromatic N) is 1. The summed E-state index contributed by atoms with van der Waals surface area (Å²) in [5.74, 6) is -1.63. The molecular weight excluding hydrogens is 359 g/mol. The number of carbonyl (C=O) groups is 1. The summed E-state index contributed by atoms with van der Waals surface area (Å²) in [7, 11) is -2.45. The summed E-state index contributed by atoms with van der Waals surface area (Å²) in [6.07, 6.45) is 0.293. The van der Waals surface area contributed by atoms with E-state index in [1.807, 2.05) is 30.3 Å². The molecule has 2 atom stereocenters. The Morgan fingerprint density at radius 3 is 2.27 bits per heavy atom. The number of benzene rings is 1. The summed E-state index contributed by atoms with van der Waals surface area (Å²) in [5.41, 5.74) is 0.965. The minimum Gasteiger partial charge on any atom is -0.468 e. The van der Waals surface area contributed by atoms with Gasteiger partial charge in [-0.3, -0.25) is 14.7 Å². The Balaban J connectivity index is 3.17. The molecule has 0 fully saturated rings. The molecule has 0 aromatic heterocycles. The smallest absolute Gasteiger partial charge is 0.353 e. The summed E-state index contributed by atoms with van der Waals surface area (Å²) >= 11 is 0. The number of nitrogens with one attached hydrogen (secondary N) is 1. The molecule has 1 aromatic rings. The van der Waals surface area contributed by atoms with Gasteiger partial charge in [0, 0.05) is 0 Å². The van der Waals surface area contributed by atoms with Crippen LogP contribution in [0.3, 0.4) is 0 Å². The van der Waals surface area contributed by atoms with Crippen LogP contribution in [-0.2, 0) is 29.6 Å². The molecule has 0 radical (unpaired) electrons. The van der Waals surface area contributed by atoms with Crippen molar-refractivity contribution >= 4 is 19.3 Å². The van der Waals surface area contributed by atoms with Crippen molar-refractivity contribution in [3.8, 4) is 0 Å². The highest BCUT2D eigenvalue weighted by atomic mass is 31.2. The summed E-state index contributed by atoms with van der Waals surface area (Å²) in [5, 5.41) is 15.3. The van der Waals surface area contributed by atoms with Crippen molar-refractivity contribution in [2.75, 3.05) is 20.3 Å². The van der Waals surface area contributed by atoms with Crippen molar-refractivity contribution < 1.29 is 28.4 Å². The zero-order valence-electron chi connectivity index (χ0n) is 15.5. The highest BCUT2D eigenvalue weighted by molar-refractivity contribution is 7.55. The van der Waals surface area contributed by atoms with Crippen molar-refractivity contribution in [2.45, 2.75) is 39.0 Å². The number of hydrogen-bond acceptors (Lipinski definition) is 8. The number of esters is 1. The number of hydrogen-bond donors (Lipinski definition) is 2. The Morgan fingerprint density at radius 1 is 1.23 bits per heavy atom. The molecule has 0 saturated heterocycles. The first-order valence-electron chi connectivity index (χ1n) is 8.36. The third-order valence-corrected chi connectivity index (χ3v) is 6.01. The first-order chi connectivity index (χ1) is 12.4. The molecule has 1 unspecified atom stereocenters. The van der Waals surface area contributed by atoms with Crippen LogP contribution in [0.15, 0.2) is 35.5 Å². The minimum atomic E-state index is -3.72. The van der Waals surface area contributed by atoms with Gasteiger partial charge in [-0.2, -0.15) is 0 Å².